The molecule has 0 heterocycles. The third kappa shape index (κ3) is 6.72. The maximum atomic E-state index is 12.3. The Balaban J connectivity index is 1.35. The first-order valence-electron chi connectivity index (χ1n) is 10.6. The Labute approximate surface area is 189 Å². The number of hydrogen-bond donors (Lipinski definition) is 0. The SMILES string of the molecule is CN(CCCOc1cccc(S(C)(=O)=O)c1)C(=O)CCCOc1cccc2ccccc12. The van der Waals surface area contributed by atoms with E-state index in [1.54, 1.807) is 30.1 Å². The van der Waals surface area contributed by atoms with Gasteiger partial charge in [-0.3, -0.25) is 4.79 Å². The molecule has 0 aliphatic carbocycles. The predicted molar refractivity (Wildman–Crippen MR) is 126 cm³/mol. The van der Waals surface area contributed by atoms with Crippen LogP contribution in [0.5, 0.6) is 11.5 Å². The van der Waals surface area contributed by atoms with Crippen molar-refractivity contribution in [3.63, 3.8) is 0 Å². The number of benzene rings is 3. The van der Waals surface area contributed by atoms with Crippen LogP contribution >= 0.6 is 0 Å². The Kier molecular flexibility index (Phi) is 8.11. The fraction of sp³-hybridized carbons (Fsp3) is 0.320. The molecule has 3 rings (SSSR count). The summed E-state index contributed by atoms with van der Waals surface area (Å²) >= 11 is 0. The van der Waals surface area contributed by atoms with E-state index in [1.807, 2.05) is 42.5 Å². The monoisotopic (exact) mass is 455 g/mol. The van der Waals surface area contributed by atoms with E-state index in [2.05, 4.69) is 0 Å². The van der Waals surface area contributed by atoms with Crippen molar-refractivity contribution < 1.29 is 22.7 Å². The Hall–Kier alpha value is -3.06. The number of amides is 1. The summed E-state index contributed by atoms with van der Waals surface area (Å²) in [6.07, 6.45) is 2.87. The van der Waals surface area contributed by atoms with Gasteiger partial charge >= 0.3 is 0 Å². The highest BCUT2D eigenvalue weighted by Crippen LogP contribution is 2.25. The molecule has 0 bridgehead atoms. The molecule has 0 saturated carbocycles. The van der Waals surface area contributed by atoms with Crippen LogP contribution in [0.15, 0.2) is 71.6 Å². The second-order valence-electron chi connectivity index (χ2n) is 7.69. The lowest BCUT2D eigenvalue weighted by atomic mass is 10.1. The van der Waals surface area contributed by atoms with E-state index in [0.29, 0.717) is 44.8 Å². The van der Waals surface area contributed by atoms with E-state index in [9.17, 15) is 13.2 Å². The van der Waals surface area contributed by atoms with Crippen molar-refractivity contribution in [3.05, 3.63) is 66.7 Å². The summed E-state index contributed by atoms with van der Waals surface area (Å²) in [5.74, 6) is 1.40. The lowest BCUT2D eigenvalue weighted by Gasteiger charge is -2.17. The normalized spacial score (nSPS) is 11.3. The van der Waals surface area contributed by atoms with Crippen LogP contribution < -0.4 is 9.47 Å². The van der Waals surface area contributed by atoms with Crippen molar-refractivity contribution in [2.45, 2.75) is 24.2 Å². The summed E-state index contributed by atoms with van der Waals surface area (Å²) < 4.78 is 34.8. The van der Waals surface area contributed by atoms with E-state index in [0.717, 1.165) is 16.5 Å². The van der Waals surface area contributed by atoms with Gasteiger partial charge in [0.15, 0.2) is 9.84 Å². The molecule has 3 aromatic carbocycles. The molecule has 0 aliphatic rings. The lowest BCUT2D eigenvalue weighted by Crippen LogP contribution is -2.28. The van der Waals surface area contributed by atoms with E-state index < -0.39 is 9.84 Å². The van der Waals surface area contributed by atoms with Crippen LogP contribution in [0.3, 0.4) is 0 Å². The number of carbonyl (C=O) groups is 1. The number of nitrogens with zero attached hydrogens (tertiary/aromatic N) is 1. The molecule has 7 heteroatoms. The van der Waals surface area contributed by atoms with E-state index in [4.69, 9.17) is 9.47 Å². The molecule has 0 radical (unpaired) electrons. The first-order chi connectivity index (χ1) is 15.3. The minimum Gasteiger partial charge on any atom is -0.493 e. The summed E-state index contributed by atoms with van der Waals surface area (Å²) in [6.45, 7) is 1.44. The maximum absolute atomic E-state index is 12.3. The highest BCUT2D eigenvalue weighted by Gasteiger charge is 2.10. The van der Waals surface area contributed by atoms with Gasteiger partial charge in [-0.1, -0.05) is 42.5 Å². The van der Waals surface area contributed by atoms with E-state index >= 15 is 0 Å². The summed E-state index contributed by atoms with van der Waals surface area (Å²) in [5, 5.41) is 2.20. The Morgan fingerprint density at radius 3 is 2.44 bits per heavy atom. The van der Waals surface area contributed by atoms with Gasteiger partial charge in [-0.25, -0.2) is 8.42 Å². The van der Waals surface area contributed by atoms with Crippen LogP contribution in [0.2, 0.25) is 0 Å². The number of hydrogen-bond acceptors (Lipinski definition) is 5. The van der Waals surface area contributed by atoms with Gasteiger partial charge in [-0.15, -0.1) is 0 Å². The predicted octanol–water partition coefficient (Wildman–Crippen LogP) is 4.33. The molecule has 1 amide bonds. The van der Waals surface area contributed by atoms with Gasteiger partial charge in [-0.05, 0) is 42.5 Å². The van der Waals surface area contributed by atoms with Crippen LogP contribution in [0.25, 0.3) is 10.8 Å². The zero-order chi connectivity index (χ0) is 23.0. The zero-order valence-electron chi connectivity index (χ0n) is 18.5. The smallest absolute Gasteiger partial charge is 0.222 e. The van der Waals surface area contributed by atoms with Crippen molar-refractivity contribution in [3.8, 4) is 11.5 Å². The van der Waals surface area contributed by atoms with Crippen LogP contribution in [-0.2, 0) is 14.6 Å². The average Bonchev–Trinajstić information content (AvgIpc) is 2.79. The second-order valence-corrected chi connectivity index (χ2v) is 9.71. The molecule has 170 valence electrons. The van der Waals surface area contributed by atoms with E-state index in [-0.39, 0.29) is 10.8 Å². The molecule has 0 N–H and O–H groups in total. The first-order valence-corrected chi connectivity index (χ1v) is 12.5. The molecule has 0 fully saturated rings. The molecule has 0 aromatic heterocycles. The molecule has 3 aromatic rings. The molecule has 32 heavy (non-hydrogen) atoms. The van der Waals surface area contributed by atoms with Crippen molar-refractivity contribution in [2.75, 3.05) is 33.1 Å². The minimum atomic E-state index is -3.26. The van der Waals surface area contributed by atoms with Crippen molar-refractivity contribution >= 4 is 26.5 Å². The number of sulfone groups is 1. The largest absolute Gasteiger partial charge is 0.493 e. The third-order valence-corrected chi connectivity index (χ3v) is 6.22. The van der Waals surface area contributed by atoms with Crippen LogP contribution in [0, 0.1) is 0 Å². The van der Waals surface area contributed by atoms with E-state index in [1.165, 1.54) is 12.3 Å². The zero-order valence-corrected chi connectivity index (χ0v) is 19.3. The van der Waals surface area contributed by atoms with Gasteiger partial charge in [0.05, 0.1) is 18.1 Å². The van der Waals surface area contributed by atoms with Gasteiger partial charge in [-0.2, -0.15) is 0 Å². The van der Waals surface area contributed by atoms with Gasteiger partial charge < -0.3 is 14.4 Å². The number of carbonyl (C=O) groups excluding carboxylic acids is 1. The van der Waals surface area contributed by atoms with Crippen LogP contribution in [0.4, 0.5) is 0 Å². The van der Waals surface area contributed by atoms with Gasteiger partial charge in [0.2, 0.25) is 5.91 Å². The topological polar surface area (TPSA) is 72.9 Å². The molecule has 0 aliphatic heterocycles. The van der Waals surface area contributed by atoms with Crippen LogP contribution in [0.1, 0.15) is 19.3 Å². The fourth-order valence-electron chi connectivity index (χ4n) is 3.33. The van der Waals surface area contributed by atoms with Crippen molar-refractivity contribution in [1.29, 1.82) is 0 Å². The highest BCUT2D eigenvalue weighted by molar-refractivity contribution is 7.90. The number of ether oxygens (including phenoxy) is 2. The van der Waals surface area contributed by atoms with Crippen molar-refractivity contribution in [1.82, 2.24) is 4.90 Å². The molecule has 0 atom stereocenters. The van der Waals surface area contributed by atoms with Crippen molar-refractivity contribution in [2.24, 2.45) is 0 Å². The first kappa shape index (κ1) is 23.6. The summed E-state index contributed by atoms with van der Waals surface area (Å²) in [4.78, 5) is 14.3. The maximum Gasteiger partial charge on any atom is 0.222 e. The Morgan fingerprint density at radius 2 is 1.62 bits per heavy atom. The second kappa shape index (κ2) is 11.0. The van der Waals surface area contributed by atoms with Gasteiger partial charge in [0.25, 0.3) is 0 Å². The van der Waals surface area contributed by atoms with Gasteiger partial charge in [0.1, 0.15) is 11.5 Å². The number of rotatable bonds is 11. The molecule has 0 unspecified atom stereocenters. The third-order valence-electron chi connectivity index (χ3n) is 5.11. The molecule has 0 saturated heterocycles. The standard InChI is InChI=1S/C25H29NO5S/c1-26(16-8-18-30-21-11-6-12-22(19-21)32(2,28)29)25(27)15-7-17-31-24-14-5-10-20-9-3-4-13-23(20)24/h3-6,9-14,19H,7-8,15-18H2,1-2H3. The summed E-state index contributed by atoms with van der Waals surface area (Å²) in [5.41, 5.74) is 0. The molecular weight excluding hydrogens is 426 g/mol. The highest BCUT2D eigenvalue weighted by atomic mass is 32.2. The molecule has 6 nitrogen and oxygen atoms in total. The molecular formula is C25H29NO5S. The fourth-order valence-corrected chi connectivity index (χ4v) is 3.99. The average molecular weight is 456 g/mol. The van der Waals surface area contributed by atoms with Gasteiger partial charge in [0, 0.05) is 31.7 Å². The summed E-state index contributed by atoms with van der Waals surface area (Å²) in [6, 6.07) is 20.5. The van der Waals surface area contributed by atoms with Crippen LogP contribution in [-0.4, -0.2) is 52.3 Å². The number of fused-ring (bicyclic) bond motifs is 1. The Bertz CT molecular complexity index is 1150. The quantitative estimate of drug-likeness (QED) is 0.403. The lowest BCUT2D eigenvalue weighted by molar-refractivity contribution is -0.130. The molecule has 0 spiro atoms. The summed E-state index contributed by atoms with van der Waals surface area (Å²) in [7, 11) is -1.49. The Morgan fingerprint density at radius 1 is 0.906 bits per heavy atom. The minimum absolute atomic E-state index is 0.0607.